The fourth-order valence-corrected chi connectivity index (χ4v) is 2.64. The zero-order valence-corrected chi connectivity index (χ0v) is 12.9. The standard InChI is InChI=1S/C16H19NO5/c1-10(17-22-11(2)18)13-9-12(5-6-14(13)19)16(7-4-8-16)15(20)21-3/h5-6,9,19H,4,7-8H2,1-3H3/b17-10-. The molecular formula is C16H19NO5. The summed E-state index contributed by atoms with van der Waals surface area (Å²) in [5.41, 5.74) is 0.900. The van der Waals surface area contributed by atoms with Crippen LogP contribution in [0.2, 0.25) is 0 Å². The molecule has 1 N–H and O–H groups in total. The van der Waals surface area contributed by atoms with E-state index >= 15 is 0 Å². The molecule has 118 valence electrons. The highest BCUT2D eigenvalue weighted by atomic mass is 16.7. The molecule has 1 aliphatic carbocycles. The summed E-state index contributed by atoms with van der Waals surface area (Å²) in [5, 5.41) is 13.7. The minimum atomic E-state index is -0.654. The molecule has 0 radical (unpaired) electrons. The minimum absolute atomic E-state index is 0.0106. The molecule has 1 fully saturated rings. The summed E-state index contributed by atoms with van der Waals surface area (Å²) in [6.07, 6.45) is 2.37. The van der Waals surface area contributed by atoms with Crippen molar-refractivity contribution in [2.75, 3.05) is 7.11 Å². The number of benzene rings is 1. The normalized spacial score (nSPS) is 16.6. The quantitative estimate of drug-likeness (QED) is 0.399. The Balaban J connectivity index is 2.40. The van der Waals surface area contributed by atoms with Gasteiger partial charge in [-0.15, -0.1) is 0 Å². The molecular weight excluding hydrogens is 286 g/mol. The Labute approximate surface area is 128 Å². The Hall–Kier alpha value is -2.37. The number of rotatable bonds is 4. The van der Waals surface area contributed by atoms with Gasteiger partial charge >= 0.3 is 11.9 Å². The van der Waals surface area contributed by atoms with Crippen LogP contribution in [0.15, 0.2) is 23.4 Å². The highest BCUT2D eigenvalue weighted by molar-refractivity contribution is 6.01. The molecule has 1 saturated carbocycles. The van der Waals surface area contributed by atoms with Gasteiger partial charge in [0.15, 0.2) is 0 Å². The molecule has 0 aliphatic heterocycles. The van der Waals surface area contributed by atoms with Gasteiger partial charge in [-0.3, -0.25) is 4.79 Å². The van der Waals surface area contributed by atoms with Gasteiger partial charge in [0.25, 0.3) is 0 Å². The maximum atomic E-state index is 12.1. The smallest absolute Gasteiger partial charge is 0.331 e. The van der Waals surface area contributed by atoms with E-state index in [4.69, 9.17) is 4.74 Å². The molecule has 0 spiro atoms. The van der Waals surface area contributed by atoms with E-state index in [0.29, 0.717) is 24.1 Å². The van der Waals surface area contributed by atoms with Crippen molar-refractivity contribution < 1.29 is 24.3 Å². The van der Waals surface area contributed by atoms with Crippen LogP contribution in [0, 0.1) is 0 Å². The molecule has 6 nitrogen and oxygen atoms in total. The van der Waals surface area contributed by atoms with Crippen molar-refractivity contribution in [3.05, 3.63) is 29.3 Å². The number of hydrogen-bond acceptors (Lipinski definition) is 6. The summed E-state index contributed by atoms with van der Waals surface area (Å²) < 4.78 is 4.92. The van der Waals surface area contributed by atoms with Crippen molar-refractivity contribution >= 4 is 17.7 Å². The van der Waals surface area contributed by atoms with Gasteiger partial charge in [0, 0.05) is 12.5 Å². The van der Waals surface area contributed by atoms with E-state index in [-0.39, 0.29) is 11.7 Å². The lowest BCUT2D eigenvalue weighted by Crippen LogP contribution is -2.43. The first-order chi connectivity index (χ1) is 10.4. The number of nitrogens with zero attached hydrogens (tertiary/aromatic N) is 1. The second kappa shape index (κ2) is 6.17. The fourth-order valence-electron chi connectivity index (χ4n) is 2.64. The zero-order chi connectivity index (χ0) is 16.3. The van der Waals surface area contributed by atoms with Crippen LogP contribution in [0.4, 0.5) is 0 Å². The topological polar surface area (TPSA) is 85.2 Å². The maximum absolute atomic E-state index is 12.1. The predicted molar refractivity (Wildman–Crippen MR) is 79.6 cm³/mol. The van der Waals surface area contributed by atoms with Crippen LogP contribution in [0.5, 0.6) is 5.75 Å². The molecule has 0 aromatic heterocycles. The number of carbonyl (C=O) groups excluding carboxylic acids is 2. The number of carbonyl (C=O) groups is 2. The Kier molecular flexibility index (Phi) is 4.49. The van der Waals surface area contributed by atoms with Crippen LogP contribution >= 0.6 is 0 Å². The van der Waals surface area contributed by atoms with Gasteiger partial charge in [0.2, 0.25) is 0 Å². The molecule has 1 aromatic rings. The molecule has 22 heavy (non-hydrogen) atoms. The van der Waals surface area contributed by atoms with E-state index in [0.717, 1.165) is 12.0 Å². The lowest BCUT2D eigenvalue weighted by molar-refractivity contribution is -0.151. The van der Waals surface area contributed by atoms with E-state index in [1.165, 1.54) is 20.1 Å². The SMILES string of the molecule is COC(=O)C1(c2ccc(O)c(/C(C)=N\OC(C)=O)c2)CCC1. The van der Waals surface area contributed by atoms with Gasteiger partial charge in [-0.2, -0.15) is 0 Å². The first kappa shape index (κ1) is 16.0. The van der Waals surface area contributed by atoms with Crippen molar-refractivity contribution in [2.24, 2.45) is 5.16 Å². The summed E-state index contributed by atoms with van der Waals surface area (Å²) in [7, 11) is 1.37. The molecule has 0 unspecified atom stereocenters. The zero-order valence-electron chi connectivity index (χ0n) is 12.9. The Morgan fingerprint density at radius 3 is 2.45 bits per heavy atom. The maximum Gasteiger partial charge on any atom is 0.331 e. The molecule has 0 saturated heterocycles. The van der Waals surface area contributed by atoms with Gasteiger partial charge in [-0.25, -0.2) is 4.79 Å². The number of methoxy groups -OCH3 is 1. The van der Waals surface area contributed by atoms with Crippen LogP contribution < -0.4 is 0 Å². The highest BCUT2D eigenvalue weighted by Crippen LogP contribution is 2.45. The molecule has 0 heterocycles. The second-order valence-corrected chi connectivity index (χ2v) is 5.42. The van der Waals surface area contributed by atoms with Crippen molar-refractivity contribution in [1.82, 2.24) is 0 Å². The van der Waals surface area contributed by atoms with Crippen LogP contribution in [-0.2, 0) is 24.6 Å². The number of phenolic OH excluding ortho intramolecular Hbond substituents is 1. The van der Waals surface area contributed by atoms with Gasteiger partial charge in [-0.05, 0) is 37.5 Å². The molecule has 0 bridgehead atoms. The number of phenols is 1. The summed E-state index contributed by atoms with van der Waals surface area (Å²) >= 11 is 0. The van der Waals surface area contributed by atoms with Gasteiger partial charge in [-0.1, -0.05) is 17.6 Å². The number of esters is 1. The van der Waals surface area contributed by atoms with E-state index in [2.05, 4.69) is 9.99 Å². The van der Waals surface area contributed by atoms with Crippen LogP contribution in [0.1, 0.15) is 44.2 Å². The summed E-state index contributed by atoms with van der Waals surface area (Å²) in [4.78, 5) is 27.5. The summed E-state index contributed by atoms with van der Waals surface area (Å²) in [5.74, 6) is -0.804. The Morgan fingerprint density at radius 1 is 1.27 bits per heavy atom. The van der Waals surface area contributed by atoms with E-state index in [1.54, 1.807) is 19.1 Å². The van der Waals surface area contributed by atoms with E-state index < -0.39 is 11.4 Å². The van der Waals surface area contributed by atoms with Crippen LogP contribution in [0.25, 0.3) is 0 Å². The van der Waals surface area contributed by atoms with Crippen molar-refractivity contribution in [3.63, 3.8) is 0 Å². The lowest BCUT2D eigenvalue weighted by Gasteiger charge is -2.39. The third-order valence-corrected chi connectivity index (χ3v) is 4.03. The number of oxime groups is 1. The molecule has 1 aromatic carbocycles. The monoisotopic (exact) mass is 305 g/mol. The van der Waals surface area contributed by atoms with Gasteiger partial charge in [0.05, 0.1) is 18.2 Å². The molecule has 1 aliphatic rings. The molecule has 2 rings (SSSR count). The largest absolute Gasteiger partial charge is 0.507 e. The number of ether oxygens (including phenoxy) is 1. The molecule has 6 heteroatoms. The number of aromatic hydroxyl groups is 1. The van der Waals surface area contributed by atoms with E-state index in [9.17, 15) is 14.7 Å². The molecule has 0 amide bonds. The second-order valence-electron chi connectivity index (χ2n) is 5.42. The van der Waals surface area contributed by atoms with Crippen molar-refractivity contribution in [2.45, 2.75) is 38.5 Å². The van der Waals surface area contributed by atoms with Crippen LogP contribution in [0.3, 0.4) is 0 Å². The first-order valence-electron chi connectivity index (χ1n) is 7.05. The predicted octanol–water partition coefficient (Wildman–Crippen LogP) is 2.27. The number of hydrogen-bond donors (Lipinski definition) is 1. The minimum Gasteiger partial charge on any atom is -0.507 e. The average molecular weight is 305 g/mol. The van der Waals surface area contributed by atoms with E-state index in [1.807, 2.05) is 0 Å². The van der Waals surface area contributed by atoms with Crippen LogP contribution in [-0.4, -0.2) is 29.9 Å². The first-order valence-corrected chi connectivity index (χ1v) is 7.05. The van der Waals surface area contributed by atoms with Crippen molar-refractivity contribution in [3.8, 4) is 5.75 Å². The third-order valence-electron chi connectivity index (χ3n) is 4.03. The Morgan fingerprint density at radius 2 is 1.95 bits per heavy atom. The third kappa shape index (κ3) is 2.81. The van der Waals surface area contributed by atoms with Gasteiger partial charge in [0.1, 0.15) is 5.75 Å². The Bertz CT molecular complexity index is 631. The van der Waals surface area contributed by atoms with Crippen molar-refractivity contribution in [1.29, 1.82) is 0 Å². The average Bonchev–Trinajstić information content (AvgIpc) is 2.44. The molecule has 0 atom stereocenters. The summed E-state index contributed by atoms with van der Waals surface area (Å²) in [6, 6.07) is 4.93. The fraction of sp³-hybridized carbons (Fsp3) is 0.438. The van der Waals surface area contributed by atoms with Gasteiger partial charge < -0.3 is 14.7 Å². The highest BCUT2D eigenvalue weighted by Gasteiger charge is 2.47. The summed E-state index contributed by atoms with van der Waals surface area (Å²) in [6.45, 7) is 2.86. The lowest BCUT2D eigenvalue weighted by atomic mass is 9.64.